The number of nitrogens with zero attached hydrogens (tertiary/aromatic N) is 1. The maximum absolute atomic E-state index is 11.9. The number of cyclic esters (lactones) is 1. The molecular formula is C17H25NO3. The minimum absolute atomic E-state index is 0.0454. The molecule has 0 N–H and O–H groups in total. The van der Waals surface area contributed by atoms with Crippen molar-refractivity contribution in [2.45, 2.75) is 51.7 Å². The molecule has 0 radical (unpaired) electrons. The van der Waals surface area contributed by atoms with Gasteiger partial charge in [-0.2, -0.15) is 0 Å². The van der Waals surface area contributed by atoms with Crippen molar-refractivity contribution in [1.82, 2.24) is 4.90 Å². The topological polar surface area (TPSA) is 38.8 Å². The van der Waals surface area contributed by atoms with Gasteiger partial charge in [-0.05, 0) is 18.9 Å². The summed E-state index contributed by atoms with van der Waals surface area (Å²) in [4.78, 5) is 13.7. The van der Waals surface area contributed by atoms with E-state index < -0.39 is 0 Å². The Kier molecular flexibility index (Phi) is 5.90. The van der Waals surface area contributed by atoms with E-state index in [0.29, 0.717) is 13.1 Å². The van der Waals surface area contributed by atoms with Gasteiger partial charge >= 0.3 is 6.09 Å². The summed E-state index contributed by atoms with van der Waals surface area (Å²) in [5.41, 5.74) is 1.02. The Morgan fingerprint density at radius 2 is 2.10 bits per heavy atom. The molecule has 1 aromatic carbocycles. The normalized spacial score (nSPS) is 17.9. The molecule has 0 spiro atoms. The van der Waals surface area contributed by atoms with E-state index in [2.05, 4.69) is 6.92 Å². The van der Waals surface area contributed by atoms with Crippen LogP contribution in [0.4, 0.5) is 4.79 Å². The van der Waals surface area contributed by atoms with Crippen LogP contribution in [0.25, 0.3) is 0 Å². The van der Waals surface area contributed by atoms with Crippen molar-refractivity contribution < 1.29 is 14.3 Å². The molecule has 1 aliphatic heterocycles. The average molecular weight is 291 g/mol. The quantitative estimate of drug-likeness (QED) is 0.680. The van der Waals surface area contributed by atoms with Crippen LogP contribution in [0.1, 0.15) is 44.6 Å². The number of hydrogen-bond acceptors (Lipinski definition) is 3. The number of unbranched alkanes of at least 4 members (excludes halogenated alkanes) is 3. The number of methoxy groups -OCH3 is 1. The molecule has 0 aliphatic carbocycles. The van der Waals surface area contributed by atoms with Gasteiger partial charge in [0.1, 0.15) is 11.9 Å². The van der Waals surface area contributed by atoms with Gasteiger partial charge in [0.05, 0.1) is 20.2 Å². The Bertz CT molecular complexity index is 461. The zero-order valence-electron chi connectivity index (χ0n) is 13.0. The highest BCUT2D eigenvalue weighted by molar-refractivity contribution is 5.70. The Morgan fingerprint density at radius 1 is 1.29 bits per heavy atom. The summed E-state index contributed by atoms with van der Waals surface area (Å²) in [5.74, 6) is 0.816. The molecule has 4 nitrogen and oxygen atoms in total. The molecule has 1 fully saturated rings. The lowest BCUT2D eigenvalue weighted by molar-refractivity contribution is 0.127. The molecule has 0 bridgehead atoms. The Hall–Kier alpha value is -1.71. The van der Waals surface area contributed by atoms with Gasteiger partial charge in [-0.1, -0.05) is 44.4 Å². The zero-order valence-corrected chi connectivity index (χ0v) is 13.0. The van der Waals surface area contributed by atoms with E-state index in [1.165, 1.54) is 19.3 Å². The van der Waals surface area contributed by atoms with Gasteiger partial charge in [0.2, 0.25) is 0 Å². The van der Waals surface area contributed by atoms with Crippen LogP contribution in [-0.2, 0) is 11.3 Å². The van der Waals surface area contributed by atoms with E-state index in [9.17, 15) is 4.79 Å². The fourth-order valence-corrected chi connectivity index (χ4v) is 2.69. The van der Waals surface area contributed by atoms with Crippen LogP contribution < -0.4 is 4.74 Å². The highest BCUT2D eigenvalue weighted by Crippen LogP contribution is 2.23. The summed E-state index contributed by atoms with van der Waals surface area (Å²) in [6.45, 7) is 3.43. The monoisotopic (exact) mass is 291 g/mol. The van der Waals surface area contributed by atoms with E-state index >= 15 is 0 Å². The minimum Gasteiger partial charge on any atom is -0.496 e. The summed E-state index contributed by atoms with van der Waals surface area (Å²) in [7, 11) is 1.65. The third kappa shape index (κ3) is 4.38. The number of para-hydroxylation sites is 1. The first-order valence-corrected chi connectivity index (χ1v) is 7.82. The third-order valence-corrected chi connectivity index (χ3v) is 3.88. The number of hydrogen-bond donors (Lipinski definition) is 0. The van der Waals surface area contributed by atoms with Crippen molar-refractivity contribution in [3.05, 3.63) is 29.8 Å². The second-order valence-electron chi connectivity index (χ2n) is 5.55. The molecule has 1 saturated heterocycles. The number of benzene rings is 1. The predicted octanol–water partition coefficient (Wildman–Crippen LogP) is 3.99. The Balaban J connectivity index is 1.85. The summed E-state index contributed by atoms with van der Waals surface area (Å²) < 4.78 is 10.8. The van der Waals surface area contributed by atoms with E-state index in [1.54, 1.807) is 12.0 Å². The fourth-order valence-electron chi connectivity index (χ4n) is 2.69. The molecule has 1 aromatic rings. The van der Waals surface area contributed by atoms with Crippen molar-refractivity contribution in [2.75, 3.05) is 13.7 Å². The molecule has 4 heteroatoms. The molecule has 1 atom stereocenters. The van der Waals surface area contributed by atoms with Gasteiger partial charge in [0.25, 0.3) is 0 Å². The third-order valence-electron chi connectivity index (χ3n) is 3.88. The molecule has 1 amide bonds. The van der Waals surface area contributed by atoms with Crippen molar-refractivity contribution in [3.8, 4) is 5.75 Å². The Morgan fingerprint density at radius 3 is 2.86 bits per heavy atom. The van der Waals surface area contributed by atoms with Gasteiger partial charge in [0.15, 0.2) is 0 Å². The summed E-state index contributed by atoms with van der Waals surface area (Å²) >= 11 is 0. The zero-order chi connectivity index (χ0) is 15.1. The van der Waals surface area contributed by atoms with Crippen molar-refractivity contribution in [3.63, 3.8) is 0 Å². The minimum atomic E-state index is -0.207. The molecular weight excluding hydrogens is 266 g/mol. The van der Waals surface area contributed by atoms with Crippen LogP contribution in [-0.4, -0.2) is 30.8 Å². The second kappa shape index (κ2) is 7.91. The summed E-state index contributed by atoms with van der Waals surface area (Å²) in [6, 6.07) is 7.79. The molecule has 1 unspecified atom stereocenters. The van der Waals surface area contributed by atoms with Gasteiger partial charge in [-0.15, -0.1) is 0 Å². The number of ether oxygens (including phenoxy) is 2. The molecule has 21 heavy (non-hydrogen) atoms. The van der Waals surface area contributed by atoms with Crippen LogP contribution in [0, 0.1) is 0 Å². The largest absolute Gasteiger partial charge is 0.496 e. The molecule has 1 heterocycles. The lowest BCUT2D eigenvalue weighted by Crippen LogP contribution is -2.24. The van der Waals surface area contributed by atoms with Crippen molar-refractivity contribution in [1.29, 1.82) is 0 Å². The average Bonchev–Trinajstić information content (AvgIpc) is 2.84. The number of carbonyl (C=O) groups is 1. The lowest BCUT2D eigenvalue weighted by Gasteiger charge is -2.15. The molecule has 0 saturated carbocycles. The van der Waals surface area contributed by atoms with Gasteiger partial charge < -0.3 is 14.4 Å². The molecule has 116 valence electrons. The van der Waals surface area contributed by atoms with Crippen LogP contribution in [0.5, 0.6) is 5.75 Å². The number of rotatable bonds is 8. The van der Waals surface area contributed by atoms with E-state index in [1.807, 2.05) is 24.3 Å². The van der Waals surface area contributed by atoms with Crippen molar-refractivity contribution in [2.24, 2.45) is 0 Å². The predicted molar refractivity (Wildman–Crippen MR) is 82.4 cm³/mol. The standard InChI is InChI=1S/C17H25NO3/c1-3-4-5-6-10-15-13-18(17(19)21-15)12-14-9-7-8-11-16(14)20-2/h7-9,11,15H,3-6,10,12-13H2,1-2H3. The van der Waals surface area contributed by atoms with Crippen LogP contribution in [0.15, 0.2) is 24.3 Å². The van der Waals surface area contributed by atoms with E-state index in [-0.39, 0.29) is 12.2 Å². The highest BCUT2D eigenvalue weighted by Gasteiger charge is 2.31. The summed E-state index contributed by atoms with van der Waals surface area (Å²) in [5, 5.41) is 0. The number of amides is 1. The first-order valence-electron chi connectivity index (χ1n) is 7.82. The maximum atomic E-state index is 11.9. The van der Waals surface area contributed by atoms with Crippen LogP contribution >= 0.6 is 0 Å². The van der Waals surface area contributed by atoms with E-state index in [0.717, 1.165) is 24.2 Å². The van der Waals surface area contributed by atoms with Gasteiger partial charge in [-0.3, -0.25) is 0 Å². The van der Waals surface area contributed by atoms with Gasteiger partial charge in [0, 0.05) is 5.56 Å². The van der Waals surface area contributed by atoms with E-state index in [4.69, 9.17) is 9.47 Å². The molecule has 0 aromatic heterocycles. The smallest absolute Gasteiger partial charge is 0.410 e. The number of carbonyl (C=O) groups excluding carboxylic acids is 1. The van der Waals surface area contributed by atoms with Crippen molar-refractivity contribution >= 4 is 6.09 Å². The molecule has 2 rings (SSSR count). The first-order chi connectivity index (χ1) is 10.2. The lowest BCUT2D eigenvalue weighted by atomic mass is 10.1. The first kappa shape index (κ1) is 15.7. The van der Waals surface area contributed by atoms with Crippen LogP contribution in [0.2, 0.25) is 0 Å². The summed E-state index contributed by atoms with van der Waals surface area (Å²) in [6.07, 6.45) is 5.64. The molecule has 1 aliphatic rings. The maximum Gasteiger partial charge on any atom is 0.410 e. The Labute approximate surface area is 127 Å². The van der Waals surface area contributed by atoms with Crippen LogP contribution in [0.3, 0.4) is 0 Å². The SMILES string of the molecule is CCCCCCC1CN(Cc2ccccc2OC)C(=O)O1. The fraction of sp³-hybridized carbons (Fsp3) is 0.588. The highest BCUT2D eigenvalue weighted by atomic mass is 16.6. The van der Waals surface area contributed by atoms with Gasteiger partial charge in [-0.25, -0.2) is 4.79 Å². The second-order valence-corrected chi connectivity index (χ2v) is 5.55.